The third-order valence-corrected chi connectivity index (χ3v) is 1.92. The first-order valence-corrected chi connectivity index (χ1v) is 3.91. The lowest BCUT2D eigenvalue weighted by Crippen LogP contribution is -2.10. The van der Waals surface area contributed by atoms with Gasteiger partial charge in [-0.15, -0.1) is 0 Å². The van der Waals surface area contributed by atoms with Crippen LogP contribution in [0.25, 0.3) is 10.9 Å². The number of para-hydroxylation sites is 1. The molecule has 0 atom stereocenters. The van der Waals surface area contributed by atoms with Crippen LogP contribution in [0.5, 0.6) is 0 Å². The number of H-pyrrole nitrogens is 1. The summed E-state index contributed by atoms with van der Waals surface area (Å²) in [5.74, 6) is -0.196. The maximum atomic E-state index is 11.3. The predicted octanol–water partition coefficient (Wildman–Crippen LogP) is 0.990. The molecule has 0 amide bonds. The van der Waals surface area contributed by atoms with Crippen molar-refractivity contribution in [2.24, 2.45) is 0 Å². The second-order valence-electron chi connectivity index (χ2n) is 2.81. The van der Waals surface area contributed by atoms with E-state index >= 15 is 0 Å². The summed E-state index contributed by atoms with van der Waals surface area (Å²) < 4.78 is 1.25. The van der Waals surface area contributed by atoms with Crippen molar-refractivity contribution < 1.29 is 4.79 Å². The fourth-order valence-electron chi connectivity index (χ4n) is 1.33. The Bertz CT molecular complexity index is 522. The van der Waals surface area contributed by atoms with Crippen molar-refractivity contribution in [2.75, 3.05) is 0 Å². The Morgan fingerprint density at radius 3 is 2.77 bits per heavy atom. The molecule has 0 aliphatic heterocycles. The van der Waals surface area contributed by atoms with E-state index in [2.05, 4.69) is 5.10 Å². The standard InChI is InChI=1S/C9H8N2O2/c1-6(12)11-8-5-3-2-4-7(8)9(13)10-11/h2-5H,1H3,(H,10,13). The molecular weight excluding hydrogens is 168 g/mol. The van der Waals surface area contributed by atoms with Gasteiger partial charge in [-0.1, -0.05) is 12.1 Å². The zero-order valence-electron chi connectivity index (χ0n) is 7.07. The van der Waals surface area contributed by atoms with Gasteiger partial charge in [0.2, 0.25) is 5.91 Å². The second-order valence-corrected chi connectivity index (χ2v) is 2.81. The molecule has 1 N–H and O–H groups in total. The first kappa shape index (κ1) is 7.79. The maximum Gasteiger partial charge on any atom is 0.272 e. The molecule has 0 unspecified atom stereocenters. The molecule has 2 rings (SSSR count). The van der Waals surface area contributed by atoms with Crippen LogP contribution in [0.15, 0.2) is 29.1 Å². The zero-order chi connectivity index (χ0) is 9.42. The van der Waals surface area contributed by atoms with Crippen molar-refractivity contribution in [1.29, 1.82) is 0 Å². The van der Waals surface area contributed by atoms with Crippen LogP contribution in [0.4, 0.5) is 0 Å². The lowest BCUT2D eigenvalue weighted by atomic mass is 10.2. The normalized spacial score (nSPS) is 10.5. The molecule has 4 heteroatoms. The summed E-state index contributed by atoms with van der Waals surface area (Å²) in [5, 5.41) is 3.00. The van der Waals surface area contributed by atoms with Gasteiger partial charge in [0.05, 0.1) is 10.9 Å². The van der Waals surface area contributed by atoms with E-state index in [4.69, 9.17) is 0 Å². The molecule has 0 saturated carbocycles. The Hall–Kier alpha value is -1.84. The molecule has 13 heavy (non-hydrogen) atoms. The van der Waals surface area contributed by atoms with Crippen LogP contribution in [-0.2, 0) is 0 Å². The Balaban J connectivity index is 2.94. The van der Waals surface area contributed by atoms with Gasteiger partial charge >= 0.3 is 0 Å². The van der Waals surface area contributed by atoms with Crippen LogP contribution in [0.3, 0.4) is 0 Å². The van der Waals surface area contributed by atoms with E-state index in [1.165, 1.54) is 11.6 Å². The largest absolute Gasteiger partial charge is 0.273 e. The summed E-state index contributed by atoms with van der Waals surface area (Å²) >= 11 is 0. The van der Waals surface area contributed by atoms with Crippen LogP contribution in [0, 0.1) is 0 Å². The van der Waals surface area contributed by atoms with Gasteiger partial charge in [0.25, 0.3) is 5.56 Å². The number of aromatic amines is 1. The van der Waals surface area contributed by atoms with Crippen molar-refractivity contribution in [1.82, 2.24) is 9.78 Å². The van der Waals surface area contributed by atoms with Crippen LogP contribution in [0.2, 0.25) is 0 Å². The minimum atomic E-state index is -0.231. The van der Waals surface area contributed by atoms with E-state index in [1.54, 1.807) is 24.3 Å². The molecule has 0 spiro atoms. The summed E-state index contributed by atoms with van der Waals surface area (Å²) in [5.41, 5.74) is 0.394. The Morgan fingerprint density at radius 1 is 1.38 bits per heavy atom. The Morgan fingerprint density at radius 2 is 2.08 bits per heavy atom. The quantitative estimate of drug-likeness (QED) is 0.650. The molecule has 66 valence electrons. The van der Waals surface area contributed by atoms with Crippen molar-refractivity contribution in [3.63, 3.8) is 0 Å². The number of aromatic nitrogens is 2. The lowest BCUT2D eigenvalue weighted by molar-refractivity contribution is 0.0926. The fourth-order valence-corrected chi connectivity index (χ4v) is 1.33. The maximum absolute atomic E-state index is 11.3. The van der Waals surface area contributed by atoms with Gasteiger partial charge in [0.15, 0.2) is 0 Å². The fraction of sp³-hybridized carbons (Fsp3) is 0.111. The molecule has 0 aliphatic rings. The van der Waals surface area contributed by atoms with Crippen LogP contribution in [-0.4, -0.2) is 15.7 Å². The molecule has 0 bridgehead atoms. The van der Waals surface area contributed by atoms with E-state index in [-0.39, 0.29) is 11.5 Å². The second kappa shape index (κ2) is 2.58. The third kappa shape index (κ3) is 1.07. The third-order valence-electron chi connectivity index (χ3n) is 1.92. The zero-order valence-corrected chi connectivity index (χ0v) is 7.07. The molecule has 2 aromatic rings. The Labute approximate surface area is 73.8 Å². The van der Waals surface area contributed by atoms with Gasteiger partial charge < -0.3 is 0 Å². The molecule has 1 aromatic heterocycles. The van der Waals surface area contributed by atoms with Gasteiger partial charge in [-0.3, -0.25) is 14.7 Å². The smallest absolute Gasteiger partial charge is 0.272 e. The highest BCUT2D eigenvalue weighted by Crippen LogP contribution is 2.07. The van der Waals surface area contributed by atoms with Gasteiger partial charge in [-0.2, -0.15) is 0 Å². The molecular formula is C9H8N2O2. The van der Waals surface area contributed by atoms with Crippen molar-refractivity contribution >= 4 is 16.8 Å². The van der Waals surface area contributed by atoms with Crippen molar-refractivity contribution in [3.8, 4) is 0 Å². The van der Waals surface area contributed by atoms with Crippen molar-refractivity contribution in [2.45, 2.75) is 6.92 Å². The van der Waals surface area contributed by atoms with Crippen LogP contribution in [0.1, 0.15) is 11.7 Å². The number of hydrogen-bond acceptors (Lipinski definition) is 2. The summed E-state index contributed by atoms with van der Waals surface area (Å²) in [7, 11) is 0. The summed E-state index contributed by atoms with van der Waals surface area (Å²) in [4.78, 5) is 22.3. The number of nitrogens with one attached hydrogen (secondary N) is 1. The Kier molecular flexibility index (Phi) is 1.55. The number of carbonyl (C=O) groups is 1. The number of rotatable bonds is 0. The first-order chi connectivity index (χ1) is 6.20. The number of carbonyl (C=O) groups excluding carboxylic acids is 1. The predicted molar refractivity (Wildman–Crippen MR) is 48.9 cm³/mol. The number of fused-ring (bicyclic) bond motifs is 1. The van der Waals surface area contributed by atoms with Gasteiger partial charge in [0.1, 0.15) is 0 Å². The average molecular weight is 176 g/mol. The van der Waals surface area contributed by atoms with Crippen molar-refractivity contribution in [3.05, 3.63) is 34.6 Å². The van der Waals surface area contributed by atoms with Gasteiger partial charge in [-0.05, 0) is 12.1 Å². The molecule has 0 radical (unpaired) electrons. The molecule has 0 aliphatic carbocycles. The highest BCUT2D eigenvalue weighted by Gasteiger charge is 2.07. The average Bonchev–Trinajstić information content (AvgIpc) is 2.45. The molecule has 4 nitrogen and oxygen atoms in total. The molecule has 1 aromatic carbocycles. The number of hydrogen-bond donors (Lipinski definition) is 1. The van der Waals surface area contributed by atoms with E-state index in [0.29, 0.717) is 10.9 Å². The highest BCUT2D eigenvalue weighted by molar-refractivity contribution is 5.89. The van der Waals surface area contributed by atoms with E-state index < -0.39 is 0 Å². The minimum Gasteiger partial charge on any atom is -0.273 e. The highest BCUT2D eigenvalue weighted by atomic mass is 16.2. The monoisotopic (exact) mass is 176 g/mol. The summed E-state index contributed by atoms with van der Waals surface area (Å²) in [6, 6.07) is 6.97. The van der Waals surface area contributed by atoms with E-state index in [9.17, 15) is 9.59 Å². The summed E-state index contributed by atoms with van der Waals surface area (Å²) in [6.07, 6.45) is 0. The number of benzene rings is 1. The van der Waals surface area contributed by atoms with E-state index in [0.717, 1.165) is 0 Å². The lowest BCUT2D eigenvalue weighted by Gasteiger charge is -1.95. The van der Waals surface area contributed by atoms with Crippen LogP contribution >= 0.6 is 0 Å². The molecule has 0 saturated heterocycles. The SMILES string of the molecule is CC(=O)n1[nH]c(=O)c2ccccc21. The van der Waals surface area contributed by atoms with Gasteiger partial charge in [0, 0.05) is 6.92 Å². The van der Waals surface area contributed by atoms with Crippen LogP contribution < -0.4 is 5.56 Å². The summed E-state index contributed by atoms with van der Waals surface area (Å²) in [6.45, 7) is 1.41. The topological polar surface area (TPSA) is 54.9 Å². The number of nitrogens with zero attached hydrogens (tertiary/aromatic N) is 1. The minimum absolute atomic E-state index is 0.196. The van der Waals surface area contributed by atoms with Gasteiger partial charge in [-0.25, -0.2) is 4.68 Å². The molecule has 0 fully saturated rings. The van der Waals surface area contributed by atoms with E-state index in [1.807, 2.05) is 0 Å². The first-order valence-electron chi connectivity index (χ1n) is 3.91. The molecule has 1 heterocycles.